The van der Waals surface area contributed by atoms with Gasteiger partial charge in [-0.05, 0) is 19.1 Å². The molecule has 2 atom stereocenters. The van der Waals surface area contributed by atoms with E-state index in [9.17, 15) is 9.90 Å². The zero-order valence-electron chi connectivity index (χ0n) is 9.80. The maximum Gasteiger partial charge on any atom is 0.238 e. The maximum absolute atomic E-state index is 11.5. The predicted octanol–water partition coefficient (Wildman–Crippen LogP) is 0.379. The van der Waals surface area contributed by atoms with E-state index < -0.39 is 6.10 Å². The van der Waals surface area contributed by atoms with Crippen LogP contribution in [0.25, 0.3) is 0 Å². The van der Waals surface area contributed by atoms with Gasteiger partial charge in [-0.15, -0.1) is 0 Å². The van der Waals surface area contributed by atoms with E-state index in [1.165, 1.54) is 11.2 Å². The molecule has 0 fully saturated rings. The minimum Gasteiger partial charge on any atom is -0.467 e. The third kappa shape index (κ3) is 3.36. The number of hydrogen-bond acceptors (Lipinski definition) is 4. The van der Waals surface area contributed by atoms with E-state index in [-0.39, 0.29) is 18.5 Å². The highest BCUT2D eigenvalue weighted by Crippen LogP contribution is 2.11. The van der Waals surface area contributed by atoms with Gasteiger partial charge in [0.05, 0.1) is 12.3 Å². The van der Waals surface area contributed by atoms with Gasteiger partial charge in [-0.3, -0.25) is 4.79 Å². The van der Waals surface area contributed by atoms with Crippen molar-refractivity contribution in [3.63, 3.8) is 0 Å². The molecule has 0 radical (unpaired) electrons. The third-order valence-corrected chi connectivity index (χ3v) is 2.30. The monoisotopic (exact) mass is 226 g/mol. The Hall–Kier alpha value is -1.33. The molecule has 0 saturated heterocycles. The first kappa shape index (κ1) is 12.7. The van der Waals surface area contributed by atoms with E-state index in [1.54, 1.807) is 33.2 Å². The number of nitrogens with zero attached hydrogens (tertiary/aromatic N) is 1. The Morgan fingerprint density at radius 2 is 2.31 bits per heavy atom. The van der Waals surface area contributed by atoms with Gasteiger partial charge < -0.3 is 19.7 Å². The van der Waals surface area contributed by atoms with Crippen molar-refractivity contribution < 1.29 is 14.3 Å². The number of furan rings is 1. The van der Waals surface area contributed by atoms with Crippen LogP contribution in [0.3, 0.4) is 0 Å². The van der Waals surface area contributed by atoms with Crippen LogP contribution in [0.2, 0.25) is 0 Å². The van der Waals surface area contributed by atoms with Gasteiger partial charge in [0.2, 0.25) is 5.91 Å². The van der Waals surface area contributed by atoms with Gasteiger partial charge in [-0.1, -0.05) is 0 Å². The van der Waals surface area contributed by atoms with Crippen molar-refractivity contribution in [3.8, 4) is 0 Å². The topological polar surface area (TPSA) is 65.7 Å². The number of hydrogen-bond donors (Lipinski definition) is 2. The van der Waals surface area contributed by atoms with E-state index in [0.29, 0.717) is 5.76 Å². The lowest BCUT2D eigenvalue weighted by molar-refractivity contribution is -0.130. The largest absolute Gasteiger partial charge is 0.467 e. The molecule has 0 saturated carbocycles. The van der Waals surface area contributed by atoms with Gasteiger partial charge in [-0.2, -0.15) is 0 Å². The van der Waals surface area contributed by atoms with Crippen LogP contribution >= 0.6 is 0 Å². The number of rotatable bonds is 5. The SMILES string of the molecule is CC(NCC(O)c1ccco1)C(=O)N(C)C. The number of aliphatic hydroxyl groups is 1. The van der Waals surface area contributed by atoms with Crippen LogP contribution in [0.1, 0.15) is 18.8 Å². The predicted molar refractivity (Wildman–Crippen MR) is 59.8 cm³/mol. The number of amides is 1. The van der Waals surface area contributed by atoms with Gasteiger partial charge in [0.25, 0.3) is 0 Å². The summed E-state index contributed by atoms with van der Waals surface area (Å²) in [5.41, 5.74) is 0. The molecule has 2 unspecified atom stereocenters. The lowest BCUT2D eigenvalue weighted by atomic mass is 10.2. The van der Waals surface area contributed by atoms with E-state index in [1.807, 2.05) is 0 Å². The van der Waals surface area contributed by atoms with Crippen LogP contribution in [-0.4, -0.2) is 42.6 Å². The van der Waals surface area contributed by atoms with Crippen LogP contribution in [0.5, 0.6) is 0 Å². The molecule has 16 heavy (non-hydrogen) atoms. The van der Waals surface area contributed by atoms with Crippen LogP contribution in [0.4, 0.5) is 0 Å². The second-order valence-corrected chi connectivity index (χ2v) is 3.89. The molecular formula is C11H18N2O3. The molecular weight excluding hydrogens is 208 g/mol. The van der Waals surface area contributed by atoms with Crippen molar-refractivity contribution in [3.05, 3.63) is 24.2 Å². The summed E-state index contributed by atoms with van der Waals surface area (Å²) in [7, 11) is 3.40. The standard InChI is InChI=1S/C11H18N2O3/c1-8(11(15)13(2)3)12-7-9(14)10-5-4-6-16-10/h4-6,8-9,12,14H,7H2,1-3H3. The summed E-state index contributed by atoms with van der Waals surface area (Å²) in [6.07, 6.45) is 0.778. The van der Waals surface area contributed by atoms with Crippen molar-refractivity contribution in [2.45, 2.75) is 19.1 Å². The van der Waals surface area contributed by atoms with Gasteiger partial charge >= 0.3 is 0 Å². The van der Waals surface area contributed by atoms with Crippen molar-refractivity contribution in [1.82, 2.24) is 10.2 Å². The molecule has 5 heteroatoms. The van der Waals surface area contributed by atoms with Gasteiger partial charge in [0, 0.05) is 20.6 Å². The molecule has 1 amide bonds. The maximum atomic E-state index is 11.5. The fourth-order valence-electron chi connectivity index (χ4n) is 1.34. The van der Waals surface area contributed by atoms with E-state index in [4.69, 9.17) is 4.42 Å². The highest BCUT2D eigenvalue weighted by atomic mass is 16.4. The van der Waals surface area contributed by atoms with Crippen LogP contribution in [0, 0.1) is 0 Å². The Kier molecular flexibility index (Phi) is 4.52. The highest BCUT2D eigenvalue weighted by Gasteiger charge is 2.17. The van der Waals surface area contributed by atoms with Crippen molar-refractivity contribution in [2.24, 2.45) is 0 Å². The van der Waals surface area contributed by atoms with Gasteiger partial charge in [-0.25, -0.2) is 0 Å². The second kappa shape index (κ2) is 5.67. The fourth-order valence-corrected chi connectivity index (χ4v) is 1.34. The number of likely N-dealkylation sites (N-methyl/N-ethyl adjacent to an activating group) is 1. The Bertz CT molecular complexity index is 322. The number of carbonyl (C=O) groups is 1. The molecule has 2 N–H and O–H groups in total. The first-order valence-corrected chi connectivity index (χ1v) is 5.18. The summed E-state index contributed by atoms with van der Waals surface area (Å²) < 4.78 is 5.05. The summed E-state index contributed by atoms with van der Waals surface area (Å²) in [4.78, 5) is 13.0. The molecule has 0 spiro atoms. The average Bonchev–Trinajstić information content (AvgIpc) is 2.77. The number of carbonyl (C=O) groups excluding carboxylic acids is 1. The van der Waals surface area contributed by atoms with Crippen LogP contribution in [0.15, 0.2) is 22.8 Å². The summed E-state index contributed by atoms with van der Waals surface area (Å²) >= 11 is 0. The third-order valence-electron chi connectivity index (χ3n) is 2.30. The second-order valence-electron chi connectivity index (χ2n) is 3.89. The van der Waals surface area contributed by atoms with Crippen molar-refractivity contribution in [1.29, 1.82) is 0 Å². The number of nitrogens with one attached hydrogen (secondary N) is 1. The van der Waals surface area contributed by atoms with Crippen molar-refractivity contribution in [2.75, 3.05) is 20.6 Å². The molecule has 0 aromatic carbocycles. The summed E-state index contributed by atoms with van der Waals surface area (Å²) in [5, 5.41) is 12.6. The van der Waals surface area contributed by atoms with E-state index in [0.717, 1.165) is 0 Å². The fraction of sp³-hybridized carbons (Fsp3) is 0.545. The zero-order valence-corrected chi connectivity index (χ0v) is 9.80. The average molecular weight is 226 g/mol. The molecule has 1 heterocycles. The molecule has 0 aliphatic carbocycles. The normalized spacial score (nSPS) is 14.5. The van der Waals surface area contributed by atoms with E-state index >= 15 is 0 Å². The first-order chi connectivity index (χ1) is 7.52. The molecule has 5 nitrogen and oxygen atoms in total. The Morgan fingerprint density at radius 1 is 1.62 bits per heavy atom. The first-order valence-electron chi connectivity index (χ1n) is 5.18. The minimum atomic E-state index is -0.729. The lowest BCUT2D eigenvalue weighted by Gasteiger charge is -2.19. The molecule has 1 aromatic heterocycles. The van der Waals surface area contributed by atoms with Gasteiger partial charge in [0.15, 0.2) is 0 Å². The van der Waals surface area contributed by atoms with Crippen molar-refractivity contribution >= 4 is 5.91 Å². The smallest absolute Gasteiger partial charge is 0.238 e. The van der Waals surface area contributed by atoms with E-state index in [2.05, 4.69) is 5.32 Å². The molecule has 1 aromatic rings. The molecule has 0 aliphatic heterocycles. The molecule has 0 aliphatic rings. The molecule has 90 valence electrons. The Morgan fingerprint density at radius 3 is 2.81 bits per heavy atom. The summed E-state index contributed by atoms with van der Waals surface area (Å²) in [6.45, 7) is 2.05. The quantitative estimate of drug-likeness (QED) is 0.761. The van der Waals surface area contributed by atoms with Crippen LogP contribution < -0.4 is 5.32 Å². The Labute approximate surface area is 95.0 Å². The highest BCUT2D eigenvalue weighted by molar-refractivity contribution is 5.80. The van der Waals surface area contributed by atoms with Crippen LogP contribution in [-0.2, 0) is 4.79 Å². The molecule has 1 rings (SSSR count). The minimum absolute atomic E-state index is 0.0216. The summed E-state index contributed by atoms with van der Waals surface area (Å²) in [6, 6.07) is 3.09. The zero-order chi connectivity index (χ0) is 12.1. The number of aliphatic hydroxyl groups excluding tert-OH is 1. The van der Waals surface area contributed by atoms with Gasteiger partial charge in [0.1, 0.15) is 11.9 Å². The lowest BCUT2D eigenvalue weighted by Crippen LogP contribution is -2.42. The molecule has 0 bridgehead atoms. The summed E-state index contributed by atoms with van der Waals surface area (Å²) in [5.74, 6) is 0.476. The Balaban J connectivity index is 2.37.